The van der Waals surface area contributed by atoms with Gasteiger partial charge in [-0.1, -0.05) is 38.3 Å². The summed E-state index contributed by atoms with van der Waals surface area (Å²) < 4.78 is 1.24. The number of hydrogen-bond donors (Lipinski definition) is 0. The molecule has 4 nitrogen and oxygen atoms in total. The molecule has 0 fully saturated rings. The number of aryl methyl sites for hydroxylation is 1. The van der Waals surface area contributed by atoms with Crippen LogP contribution in [-0.4, -0.2) is 35.6 Å². The van der Waals surface area contributed by atoms with E-state index in [-0.39, 0.29) is 27.6 Å². The predicted octanol–water partition coefficient (Wildman–Crippen LogP) is 2.75. The number of nitrogens with zero attached hydrogens (tertiary/aromatic N) is 2. The van der Waals surface area contributed by atoms with Crippen molar-refractivity contribution >= 4 is 5.69 Å². The Morgan fingerprint density at radius 3 is 1.88 bits per heavy atom. The van der Waals surface area contributed by atoms with Crippen molar-refractivity contribution in [2.24, 2.45) is 0 Å². The third-order valence-corrected chi connectivity index (χ3v) is 5.57. The number of nitro benzene ring substituents is 1. The van der Waals surface area contributed by atoms with Gasteiger partial charge in [-0.15, -0.1) is 0 Å². The molecule has 0 aliphatic rings. The second kappa shape index (κ2) is 14.2. The number of unbranched alkanes of at least 4 members (excludes halogenated alkanes) is 5. The first-order valence-electron chi connectivity index (χ1n) is 10.1. The Kier molecular flexibility index (Phi) is 13.6. The van der Waals surface area contributed by atoms with E-state index in [2.05, 4.69) is 20.8 Å². The molecule has 0 aliphatic heterocycles. The van der Waals surface area contributed by atoms with Gasteiger partial charge in [-0.25, -0.2) is 0 Å². The highest BCUT2D eigenvalue weighted by Gasteiger charge is 2.21. The SMILES string of the molecule is CCCCCCC[N+](CC)(CC)CCCCc1ccc([N+](=O)[O-])cc1.[Br-]. The molecule has 0 aromatic heterocycles. The van der Waals surface area contributed by atoms with Gasteiger partial charge in [0, 0.05) is 12.1 Å². The van der Waals surface area contributed by atoms with E-state index in [1.54, 1.807) is 12.1 Å². The van der Waals surface area contributed by atoms with Crippen molar-refractivity contribution in [2.75, 3.05) is 26.2 Å². The number of rotatable bonds is 14. The molecule has 0 unspecified atom stereocenters. The highest BCUT2D eigenvalue weighted by atomic mass is 79.9. The van der Waals surface area contributed by atoms with Crippen molar-refractivity contribution < 1.29 is 26.4 Å². The quantitative estimate of drug-likeness (QED) is 0.198. The minimum absolute atomic E-state index is 0. The van der Waals surface area contributed by atoms with Gasteiger partial charge >= 0.3 is 0 Å². The van der Waals surface area contributed by atoms with E-state index in [0.29, 0.717) is 0 Å². The third-order valence-electron chi connectivity index (χ3n) is 5.57. The average molecular weight is 429 g/mol. The molecule has 150 valence electrons. The van der Waals surface area contributed by atoms with E-state index >= 15 is 0 Å². The maximum absolute atomic E-state index is 10.7. The van der Waals surface area contributed by atoms with E-state index in [1.807, 2.05) is 12.1 Å². The molecule has 0 aliphatic carbocycles. The number of quaternary nitrogens is 1. The lowest BCUT2D eigenvalue weighted by Gasteiger charge is -2.37. The molecule has 1 aromatic rings. The summed E-state index contributed by atoms with van der Waals surface area (Å²) in [6.45, 7) is 11.9. The smallest absolute Gasteiger partial charge is 0.269 e. The summed E-state index contributed by atoms with van der Waals surface area (Å²) in [4.78, 5) is 10.4. The topological polar surface area (TPSA) is 43.1 Å². The summed E-state index contributed by atoms with van der Waals surface area (Å²) in [5, 5.41) is 10.7. The van der Waals surface area contributed by atoms with Gasteiger partial charge in [0.25, 0.3) is 5.69 Å². The molecule has 1 aromatic carbocycles. The lowest BCUT2D eigenvalue weighted by atomic mass is 10.1. The Morgan fingerprint density at radius 1 is 0.846 bits per heavy atom. The monoisotopic (exact) mass is 428 g/mol. The van der Waals surface area contributed by atoms with Gasteiger partial charge in [-0.2, -0.15) is 0 Å². The van der Waals surface area contributed by atoms with E-state index in [1.165, 1.54) is 74.8 Å². The average Bonchev–Trinajstić information content (AvgIpc) is 2.64. The van der Waals surface area contributed by atoms with E-state index in [9.17, 15) is 10.1 Å². The van der Waals surface area contributed by atoms with Crippen molar-refractivity contribution in [2.45, 2.75) is 72.1 Å². The Balaban J connectivity index is 0.00000625. The van der Waals surface area contributed by atoms with Crippen LogP contribution in [0.2, 0.25) is 0 Å². The molecule has 0 bridgehead atoms. The Labute approximate surface area is 170 Å². The first-order valence-corrected chi connectivity index (χ1v) is 10.1. The summed E-state index contributed by atoms with van der Waals surface area (Å²) in [7, 11) is 0. The summed E-state index contributed by atoms with van der Waals surface area (Å²) in [5.41, 5.74) is 1.38. The van der Waals surface area contributed by atoms with Crippen molar-refractivity contribution in [3.8, 4) is 0 Å². The van der Waals surface area contributed by atoms with Crippen molar-refractivity contribution in [1.29, 1.82) is 0 Å². The zero-order valence-corrected chi connectivity index (χ0v) is 18.5. The molecule has 0 amide bonds. The fraction of sp³-hybridized carbons (Fsp3) is 0.714. The highest BCUT2D eigenvalue weighted by molar-refractivity contribution is 5.32. The fourth-order valence-corrected chi connectivity index (χ4v) is 3.58. The van der Waals surface area contributed by atoms with Crippen LogP contribution in [0.1, 0.15) is 71.3 Å². The molecule has 1 rings (SSSR count). The number of hydrogen-bond acceptors (Lipinski definition) is 2. The Bertz CT molecular complexity index is 487. The zero-order valence-electron chi connectivity index (χ0n) is 16.9. The van der Waals surface area contributed by atoms with E-state index < -0.39 is 0 Å². The van der Waals surface area contributed by atoms with Crippen molar-refractivity contribution in [3.63, 3.8) is 0 Å². The van der Waals surface area contributed by atoms with Crippen LogP contribution in [-0.2, 0) is 6.42 Å². The van der Waals surface area contributed by atoms with Gasteiger partial charge in [-0.3, -0.25) is 10.1 Å². The van der Waals surface area contributed by atoms with Gasteiger partial charge in [0.1, 0.15) is 0 Å². The summed E-state index contributed by atoms with van der Waals surface area (Å²) in [5.74, 6) is 0. The molecule has 0 saturated carbocycles. The molecular weight excluding hydrogens is 392 g/mol. The van der Waals surface area contributed by atoms with Crippen LogP contribution < -0.4 is 17.0 Å². The summed E-state index contributed by atoms with van der Waals surface area (Å²) in [6, 6.07) is 7.02. The fourth-order valence-electron chi connectivity index (χ4n) is 3.58. The molecule has 26 heavy (non-hydrogen) atoms. The van der Waals surface area contributed by atoms with Crippen LogP contribution in [0, 0.1) is 10.1 Å². The zero-order chi connectivity index (χ0) is 18.5. The molecular formula is C21H37BrN2O2. The molecule has 0 heterocycles. The first kappa shape index (κ1) is 25.1. The van der Waals surface area contributed by atoms with Gasteiger partial charge in [0.15, 0.2) is 0 Å². The van der Waals surface area contributed by atoms with Gasteiger partial charge in [0.05, 0.1) is 31.1 Å². The second-order valence-electron chi connectivity index (χ2n) is 7.22. The standard InChI is InChI=1S/C21H37N2O2.BrH/c1-4-7-8-9-11-18-23(5-2,6-3)19-12-10-13-20-14-16-21(17-15-20)22(24)25;/h14-17H,4-13,18-19H2,1-3H3;1H/q+1;/p-1. The normalized spacial score (nSPS) is 11.2. The van der Waals surface area contributed by atoms with Crippen LogP contribution in [0.25, 0.3) is 0 Å². The largest absolute Gasteiger partial charge is 1.00 e. The van der Waals surface area contributed by atoms with Crippen LogP contribution >= 0.6 is 0 Å². The number of halogens is 1. The third kappa shape index (κ3) is 9.13. The molecule has 0 radical (unpaired) electrons. The molecule has 0 N–H and O–H groups in total. The summed E-state index contributed by atoms with van der Waals surface area (Å²) in [6.07, 6.45) is 10.2. The summed E-state index contributed by atoms with van der Waals surface area (Å²) >= 11 is 0. The van der Waals surface area contributed by atoms with Gasteiger partial charge in [-0.05, 0) is 51.5 Å². The van der Waals surface area contributed by atoms with Crippen molar-refractivity contribution in [3.05, 3.63) is 39.9 Å². The Hall–Kier alpha value is -0.940. The maximum atomic E-state index is 10.7. The van der Waals surface area contributed by atoms with E-state index in [0.717, 1.165) is 12.8 Å². The Morgan fingerprint density at radius 2 is 1.38 bits per heavy atom. The number of non-ortho nitro benzene ring substituents is 1. The lowest BCUT2D eigenvalue weighted by molar-refractivity contribution is -0.925. The van der Waals surface area contributed by atoms with Gasteiger partial charge < -0.3 is 21.5 Å². The molecule has 0 saturated heterocycles. The predicted molar refractivity (Wildman–Crippen MR) is 106 cm³/mol. The van der Waals surface area contributed by atoms with Crippen LogP contribution in [0.4, 0.5) is 5.69 Å². The first-order chi connectivity index (χ1) is 12.1. The second-order valence-corrected chi connectivity index (χ2v) is 7.22. The van der Waals surface area contributed by atoms with E-state index in [4.69, 9.17) is 0 Å². The molecule has 0 atom stereocenters. The minimum Gasteiger partial charge on any atom is -1.00 e. The van der Waals surface area contributed by atoms with Gasteiger partial charge in [0.2, 0.25) is 0 Å². The maximum Gasteiger partial charge on any atom is 0.269 e. The highest BCUT2D eigenvalue weighted by Crippen LogP contribution is 2.16. The number of nitro groups is 1. The van der Waals surface area contributed by atoms with Crippen molar-refractivity contribution in [1.82, 2.24) is 0 Å². The van der Waals surface area contributed by atoms with Crippen LogP contribution in [0.3, 0.4) is 0 Å². The number of benzene rings is 1. The molecule has 0 spiro atoms. The minimum atomic E-state index is -0.335. The van der Waals surface area contributed by atoms with Crippen LogP contribution in [0.5, 0.6) is 0 Å². The molecule has 5 heteroatoms. The van der Waals surface area contributed by atoms with Crippen LogP contribution in [0.15, 0.2) is 24.3 Å². The lowest BCUT2D eigenvalue weighted by Crippen LogP contribution is -3.00.